The first-order valence-electron chi connectivity index (χ1n) is 8.25. The van der Waals surface area contributed by atoms with Gasteiger partial charge in [-0.15, -0.1) is 0 Å². The van der Waals surface area contributed by atoms with Crippen molar-refractivity contribution in [3.05, 3.63) is 75.1 Å². The van der Waals surface area contributed by atoms with Gasteiger partial charge in [0.2, 0.25) is 5.91 Å². The molecule has 0 saturated heterocycles. The second kappa shape index (κ2) is 7.72. The lowest BCUT2D eigenvalue weighted by Gasteiger charge is -2.15. The van der Waals surface area contributed by atoms with Crippen LogP contribution in [-0.2, 0) is 11.3 Å². The Bertz CT molecular complexity index is 996. The number of rotatable bonds is 5. The zero-order valence-electron chi connectivity index (χ0n) is 14.5. The molecular formula is C20H19ClN2O3. The number of fused-ring (bicyclic) bond motifs is 1. The zero-order valence-corrected chi connectivity index (χ0v) is 15.3. The highest BCUT2D eigenvalue weighted by Crippen LogP contribution is 2.22. The standard InChI is InChI=1S/C20H19ClN2O3/c1-12(14-3-5-16(21)6-4-14)22-11-15-9-20(25)26-19-10-17(23-13(2)24)7-8-18(15)19/h3-10,12,22H,11H2,1-2H3,(H,23,24). The maximum Gasteiger partial charge on any atom is 0.336 e. The van der Waals surface area contributed by atoms with E-state index < -0.39 is 5.63 Å². The van der Waals surface area contributed by atoms with Gasteiger partial charge in [0, 0.05) is 47.7 Å². The zero-order chi connectivity index (χ0) is 18.7. The molecule has 1 amide bonds. The maximum absolute atomic E-state index is 11.9. The molecule has 1 atom stereocenters. The quantitative estimate of drug-likeness (QED) is 0.658. The molecule has 0 bridgehead atoms. The lowest BCUT2D eigenvalue weighted by atomic mass is 10.1. The Morgan fingerprint density at radius 2 is 1.88 bits per heavy atom. The first kappa shape index (κ1) is 18.2. The average molecular weight is 371 g/mol. The molecule has 0 radical (unpaired) electrons. The number of anilines is 1. The van der Waals surface area contributed by atoms with Gasteiger partial charge in [-0.2, -0.15) is 0 Å². The molecule has 0 fully saturated rings. The molecule has 0 aliphatic carbocycles. The Balaban J connectivity index is 1.83. The minimum Gasteiger partial charge on any atom is -0.423 e. The first-order chi connectivity index (χ1) is 12.4. The molecule has 134 valence electrons. The summed E-state index contributed by atoms with van der Waals surface area (Å²) in [5.41, 5.74) is 2.56. The second-order valence-electron chi connectivity index (χ2n) is 6.14. The number of hydrogen-bond acceptors (Lipinski definition) is 4. The third kappa shape index (κ3) is 4.31. The molecule has 0 spiro atoms. The Morgan fingerprint density at radius 3 is 2.58 bits per heavy atom. The lowest BCUT2D eigenvalue weighted by molar-refractivity contribution is -0.114. The van der Waals surface area contributed by atoms with Gasteiger partial charge in [0.05, 0.1) is 0 Å². The van der Waals surface area contributed by atoms with Crippen LogP contribution in [-0.4, -0.2) is 5.91 Å². The fourth-order valence-corrected chi connectivity index (χ4v) is 2.92. The van der Waals surface area contributed by atoms with Crippen LogP contribution in [0.25, 0.3) is 11.0 Å². The fraction of sp³-hybridized carbons (Fsp3) is 0.200. The van der Waals surface area contributed by atoms with Gasteiger partial charge >= 0.3 is 5.63 Å². The molecule has 1 heterocycles. The van der Waals surface area contributed by atoms with Crippen LogP contribution >= 0.6 is 11.6 Å². The smallest absolute Gasteiger partial charge is 0.336 e. The average Bonchev–Trinajstić information content (AvgIpc) is 2.59. The molecule has 1 aromatic heterocycles. The summed E-state index contributed by atoms with van der Waals surface area (Å²) >= 11 is 5.92. The van der Waals surface area contributed by atoms with Crippen LogP contribution < -0.4 is 16.3 Å². The van der Waals surface area contributed by atoms with Crippen LogP contribution in [0.4, 0.5) is 5.69 Å². The second-order valence-corrected chi connectivity index (χ2v) is 6.57. The molecule has 0 aliphatic rings. The molecule has 6 heteroatoms. The Kier molecular flexibility index (Phi) is 5.40. The molecule has 1 unspecified atom stereocenters. The van der Waals surface area contributed by atoms with Crippen molar-refractivity contribution in [3.63, 3.8) is 0 Å². The first-order valence-corrected chi connectivity index (χ1v) is 8.63. The molecule has 2 N–H and O–H groups in total. The van der Waals surface area contributed by atoms with Crippen LogP contribution in [0.3, 0.4) is 0 Å². The van der Waals surface area contributed by atoms with Crippen molar-refractivity contribution >= 4 is 34.2 Å². The van der Waals surface area contributed by atoms with Crippen molar-refractivity contribution in [1.29, 1.82) is 0 Å². The van der Waals surface area contributed by atoms with Crippen LogP contribution in [0.15, 0.2) is 57.7 Å². The minimum atomic E-state index is -0.423. The van der Waals surface area contributed by atoms with E-state index in [0.717, 1.165) is 16.5 Å². The summed E-state index contributed by atoms with van der Waals surface area (Å²) in [6, 6.07) is 14.5. The molecule has 5 nitrogen and oxygen atoms in total. The molecule has 0 saturated carbocycles. The SMILES string of the molecule is CC(=O)Nc1ccc2c(CNC(C)c3ccc(Cl)cc3)cc(=O)oc2c1. The predicted octanol–water partition coefficient (Wildman–Crippen LogP) is 4.26. The Hall–Kier alpha value is -2.63. The molecule has 26 heavy (non-hydrogen) atoms. The van der Waals surface area contributed by atoms with Crippen molar-refractivity contribution in [2.24, 2.45) is 0 Å². The van der Waals surface area contributed by atoms with Crippen LogP contribution in [0.1, 0.15) is 31.0 Å². The number of carbonyl (C=O) groups is 1. The van der Waals surface area contributed by atoms with E-state index in [9.17, 15) is 9.59 Å². The van der Waals surface area contributed by atoms with Crippen LogP contribution in [0, 0.1) is 0 Å². The molecule has 3 rings (SSSR count). The maximum atomic E-state index is 11.9. The van der Waals surface area contributed by atoms with E-state index in [1.54, 1.807) is 12.1 Å². The minimum absolute atomic E-state index is 0.0909. The lowest BCUT2D eigenvalue weighted by Crippen LogP contribution is -2.19. The van der Waals surface area contributed by atoms with Crippen molar-refractivity contribution in [3.8, 4) is 0 Å². The number of hydrogen-bond donors (Lipinski definition) is 2. The molecular weight excluding hydrogens is 352 g/mol. The summed E-state index contributed by atoms with van der Waals surface area (Å²) in [7, 11) is 0. The van der Waals surface area contributed by atoms with Crippen molar-refractivity contribution in [2.75, 3.05) is 5.32 Å². The molecule has 2 aromatic carbocycles. The van der Waals surface area contributed by atoms with Gasteiger partial charge in [-0.1, -0.05) is 23.7 Å². The summed E-state index contributed by atoms with van der Waals surface area (Å²) in [6.07, 6.45) is 0. The van der Waals surface area contributed by atoms with Gasteiger partial charge in [-0.3, -0.25) is 4.79 Å². The summed E-state index contributed by atoms with van der Waals surface area (Å²) < 4.78 is 5.28. The van der Waals surface area contributed by atoms with Gasteiger partial charge < -0.3 is 15.1 Å². The summed E-state index contributed by atoms with van der Waals surface area (Å²) in [5.74, 6) is -0.179. The van der Waals surface area contributed by atoms with Crippen LogP contribution in [0.2, 0.25) is 5.02 Å². The van der Waals surface area contributed by atoms with Gasteiger partial charge in [0.1, 0.15) is 5.58 Å². The normalized spacial score (nSPS) is 12.1. The van der Waals surface area contributed by atoms with E-state index in [1.807, 2.05) is 37.3 Å². The Labute approximate surface area is 156 Å². The van der Waals surface area contributed by atoms with E-state index >= 15 is 0 Å². The fourth-order valence-electron chi connectivity index (χ4n) is 2.79. The van der Waals surface area contributed by atoms with Gasteiger partial charge in [0.25, 0.3) is 0 Å². The van der Waals surface area contributed by atoms with E-state index in [2.05, 4.69) is 10.6 Å². The topological polar surface area (TPSA) is 71.3 Å². The predicted molar refractivity (Wildman–Crippen MR) is 103 cm³/mol. The van der Waals surface area contributed by atoms with Gasteiger partial charge in [-0.25, -0.2) is 4.79 Å². The summed E-state index contributed by atoms with van der Waals surface area (Å²) in [4.78, 5) is 23.1. The summed E-state index contributed by atoms with van der Waals surface area (Å²) in [6.45, 7) is 3.98. The Morgan fingerprint density at radius 1 is 1.15 bits per heavy atom. The van der Waals surface area contributed by atoms with Crippen molar-refractivity contribution in [2.45, 2.75) is 26.4 Å². The highest BCUT2D eigenvalue weighted by molar-refractivity contribution is 6.30. The third-order valence-electron chi connectivity index (χ3n) is 4.12. The molecule has 3 aromatic rings. The van der Waals surface area contributed by atoms with E-state index in [4.69, 9.17) is 16.0 Å². The van der Waals surface area contributed by atoms with E-state index in [0.29, 0.717) is 22.8 Å². The highest BCUT2D eigenvalue weighted by atomic mass is 35.5. The highest BCUT2D eigenvalue weighted by Gasteiger charge is 2.10. The number of nitrogens with one attached hydrogen (secondary N) is 2. The number of benzene rings is 2. The molecule has 0 aliphatic heterocycles. The third-order valence-corrected chi connectivity index (χ3v) is 4.37. The van der Waals surface area contributed by atoms with Gasteiger partial charge in [0.15, 0.2) is 0 Å². The monoisotopic (exact) mass is 370 g/mol. The summed E-state index contributed by atoms with van der Waals surface area (Å²) in [5, 5.41) is 7.62. The van der Waals surface area contributed by atoms with E-state index in [-0.39, 0.29) is 11.9 Å². The van der Waals surface area contributed by atoms with Gasteiger partial charge in [-0.05, 0) is 42.3 Å². The number of amides is 1. The van der Waals surface area contributed by atoms with Crippen LogP contribution in [0.5, 0.6) is 0 Å². The number of halogens is 1. The van der Waals surface area contributed by atoms with Crippen molar-refractivity contribution < 1.29 is 9.21 Å². The van der Waals surface area contributed by atoms with Crippen molar-refractivity contribution in [1.82, 2.24) is 5.32 Å². The largest absolute Gasteiger partial charge is 0.423 e. The van der Waals surface area contributed by atoms with E-state index in [1.165, 1.54) is 13.0 Å². The number of carbonyl (C=O) groups excluding carboxylic acids is 1.